The lowest BCUT2D eigenvalue weighted by Gasteiger charge is -1.90. The molecule has 1 rings (SSSR count). The van der Waals surface area contributed by atoms with Gasteiger partial charge in [-0.3, -0.25) is 0 Å². The molecule has 0 aromatic carbocycles. The van der Waals surface area contributed by atoms with Crippen molar-refractivity contribution in [3.8, 4) is 0 Å². The quantitative estimate of drug-likeness (QED) is 0.523. The highest BCUT2D eigenvalue weighted by molar-refractivity contribution is 4.50. The van der Waals surface area contributed by atoms with E-state index in [2.05, 4.69) is 0 Å². The zero-order valence-electron chi connectivity index (χ0n) is 6.28. The predicted octanol–water partition coefficient (Wildman–Crippen LogP) is 1.51. The molecule has 0 unspecified atom stereocenters. The normalized spacial score (nSPS) is 13.5. The number of hydrogen-bond acceptors (Lipinski definition) is 2. The van der Waals surface area contributed by atoms with E-state index in [4.69, 9.17) is 0 Å². The van der Waals surface area contributed by atoms with Crippen molar-refractivity contribution in [2.45, 2.75) is 19.3 Å². The molecule has 0 bridgehead atoms. The fraction of sp³-hybridized carbons (Fsp3) is 1.00. The lowest BCUT2D eigenvalue weighted by Crippen LogP contribution is -1.99. The third kappa shape index (κ3) is 169. The highest BCUT2D eigenvalue weighted by Crippen LogP contribution is 2.14. The van der Waals surface area contributed by atoms with E-state index in [0.717, 1.165) is 0 Å². The summed E-state index contributed by atoms with van der Waals surface area (Å²) in [4.78, 5) is 2.00. The van der Waals surface area contributed by atoms with Gasteiger partial charge in [-0.25, -0.2) is 0 Å². The molecule has 0 spiro atoms. The SMILES string of the molecule is C1CC1.CN(C)C.N. The van der Waals surface area contributed by atoms with Crippen LogP contribution in [0.2, 0.25) is 0 Å². The average Bonchev–Trinajstić information content (AvgIpc) is 2.02. The Labute approximate surface area is 52.5 Å². The molecule has 2 nitrogen and oxygen atoms in total. The van der Waals surface area contributed by atoms with Crippen LogP contribution in [0.4, 0.5) is 0 Å². The second-order valence-electron chi connectivity index (χ2n) is 2.40. The fourth-order valence-corrected chi connectivity index (χ4v) is 0. The van der Waals surface area contributed by atoms with E-state index in [1.807, 2.05) is 26.0 Å². The monoisotopic (exact) mass is 118 g/mol. The van der Waals surface area contributed by atoms with Crippen LogP contribution in [0.25, 0.3) is 0 Å². The van der Waals surface area contributed by atoms with Crippen LogP contribution in [0.15, 0.2) is 0 Å². The van der Waals surface area contributed by atoms with Crippen LogP contribution < -0.4 is 6.15 Å². The van der Waals surface area contributed by atoms with Crippen LogP contribution in [-0.2, 0) is 0 Å². The van der Waals surface area contributed by atoms with Crippen LogP contribution in [-0.4, -0.2) is 26.0 Å². The van der Waals surface area contributed by atoms with Crippen molar-refractivity contribution in [1.29, 1.82) is 0 Å². The van der Waals surface area contributed by atoms with E-state index in [1.165, 1.54) is 19.3 Å². The van der Waals surface area contributed by atoms with Gasteiger partial charge in [0.1, 0.15) is 0 Å². The smallest absolute Gasteiger partial charge is 0.0140 e. The van der Waals surface area contributed by atoms with Crippen LogP contribution >= 0.6 is 0 Å². The van der Waals surface area contributed by atoms with Gasteiger partial charge in [-0.1, -0.05) is 19.3 Å². The van der Waals surface area contributed by atoms with E-state index >= 15 is 0 Å². The Morgan fingerprint density at radius 2 is 1.00 bits per heavy atom. The first-order chi connectivity index (χ1) is 3.23. The van der Waals surface area contributed by atoms with Gasteiger partial charge in [-0.2, -0.15) is 0 Å². The number of hydrogen-bond donors (Lipinski definition) is 1. The Morgan fingerprint density at radius 3 is 1.00 bits per heavy atom. The zero-order chi connectivity index (χ0) is 5.70. The second-order valence-corrected chi connectivity index (χ2v) is 2.40. The van der Waals surface area contributed by atoms with Gasteiger partial charge in [0.2, 0.25) is 0 Å². The highest BCUT2D eigenvalue weighted by atomic mass is 15.0. The Balaban J connectivity index is 0. The van der Waals surface area contributed by atoms with Crippen molar-refractivity contribution in [2.75, 3.05) is 21.1 Å². The van der Waals surface area contributed by atoms with Gasteiger partial charge in [0.15, 0.2) is 0 Å². The van der Waals surface area contributed by atoms with Gasteiger partial charge >= 0.3 is 0 Å². The van der Waals surface area contributed by atoms with Crippen LogP contribution in [0.3, 0.4) is 0 Å². The third-order valence-electron chi connectivity index (χ3n) is 0.354. The molecule has 0 amide bonds. The van der Waals surface area contributed by atoms with Crippen molar-refractivity contribution >= 4 is 0 Å². The Kier molecular flexibility index (Phi) is 9.36. The van der Waals surface area contributed by atoms with Gasteiger partial charge in [-0.15, -0.1) is 0 Å². The molecule has 52 valence electrons. The number of rotatable bonds is 0. The molecule has 0 heterocycles. The summed E-state index contributed by atoms with van der Waals surface area (Å²) in [5.74, 6) is 0. The molecule has 1 aliphatic rings. The average molecular weight is 118 g/mol. The van der Waals surface area contributed by atoms with Crippen LogP contribution in [0.1, 0.15) is 19.3 Å². The maximum atomic E-state index is 2.00. The van der Waals surface area contributed by atoms with E-state index < -0.39 is 0 Å². The molecule has 8 heavy (non-hydrogen) atoms. The number of nitrogens with zero attached hydrogens (tertiary/aromatic N) is 1. The van der Waals surface area contributed by atoms with Gasteiger partial charge < -0.3 is 11.1 Å². The van der Waals surface area contributed by atoms with E-state index in [9.17, 15) is 0 Å². The minimum Gasteiger partial charge on any atom is -0.344 e. The summed E-state index contributed by atoms with van der Waals surface area (Å²) < 4.78 is 0. The first-order valence-electron chi connectivity index (χ1n) is 2.84. The highest BCUT2D eigenvalue weighted by Gasteiger charge is 1.95. The van der Waals surface area contributed by atoms with Gasteiger partial charge in [0, 0.05) is 0 Å². The van der Waals surface area contributed by atoms with E-state index in [-0.39, 0.29) is 6.15 Å². The summed E-state index contributed by atoms with van der Waals surface area (Å²) in [5, 5.41) is 0. The molecule has 3 N–H and O–H groups in total. The second kappa shape index (κ2) is 6.92. The molecule has 0 aromatic heterocycles. The zero-order valence-corrected chi connectivity index (χ0v) is 6.28. The minimum atomic E-state index is 0. The van der Waals surface area contributed by atoms with Crippen LogP contribution in [0, 0.1) is 0 Å². The predicted molar refractivity (Wildman–Crippen MR) is 38.5 cm³/mol. The molecule has 0 atom stereocenters. The summed E-state index contributed by atoms with van der Waals surface area (Å²) in [6, 6.07) is 0. The molecule has 0 aromatic rings. The van der Waals surface area contributed by atoms with Gasteiger partial charge in [0.05, 0.1) is 0 Å². The maximum Gasteiger partial charge on any atom is -0.0140 e. The first-order valence-corrected chi connectivity index (χ1v) is 2.84. The molecule has 0 aliphatic heterocycles. The van der Waals surface area contributed by atoms with Crippen molar-refractivity contribution in [3.63, 3.8) is 0 Å². The van der Waals surface area contributed by atoms with Gasteiger partial charge in [0.25, 0.3) is 0 Å². The molecule has 1 fully saturated rings. The van der Waals surface area contributed by atoms with E-state index in [0.29, 0.717) is 0 Å². The molecular formula is C6H18N2. The summed E-state index contributed by atoms with van der Waals surface area (Å²) in [5.41, 5.74) is 0. The molecule has 0 radical (unpaired) electrons. The first kappa shape index (κ1) is 10.8. The molecule has 1 saturated carbocycles. The summed E-state index contributed by atoms with van der Waals surface area (Å²) in [7, 11) is 6.00. The van der Waals surface area contributed by atoms with Crippen LogP contribution in [0.5, 0.6) is 0 Å². The molecule has 0 saturated heterocycles. The van der Waals surface area contributed by atoms with E-state index in [1.54, 1.807) is 0 Å². The van der Waals surface area contributed by atoms with Crippen molar-refractivity contribution < 1.29 is 0 Å². The maximum absolute atomic E-state index is 2.00. The Bertz CT molecular complexity index is 28.0. The van der Waals surface area contributed by atoms with Gasteiger partial charge in [-0.05, 0) is 21.1 Å². The fourth-order valence-electron chi connectivity index (χ4n) is 0. The minimum absolute atomic E-state index is 0. The lowest BCUT2D eigenvalue weighted by molar-refractivity contribution is 0.505. The molecule has 1 aliphatic carbocycles. The largest absolute Gasteiger partial charge is 0.344 e. The standard InChI is InChI=1S/C3H9N.C3H6.H3N/c1-4(2)3;1-2-3-1;/h1-3H3;1-3H2;1H3. The topological polar surface area (TPSA) is 38.2 Å². The lowest BCUT2D eigenvalue weighted by atomic mass is 11.0. The van der Waals surface area contributed by atoms with Crippen molar-refractivity contribution in [2.24, 2.45) is 0 Å². The summed E-state index contributed by atoms with van der Waals surface area (Å²) in [6.45, 7) is 0. The summed E-state index contributed by atoms with van der Waals surface area (Å²) in [6.07, 6.45) is 4.50. The molecular weight excluding hydrogens is 100 g/mol. The Hall–Kier alpha value is -0.0800. The van der Waals surface area contributed by atoms with Crippen molar-refractivity contribution in [3.05, 3.63) is 0 Å². The Morgan fingerprint density at radius 1 is 0.875 bits per heavy atom. The summed E-state index contributed by atoms with van der Waals surface area (Å²) >= 11 is 0. The molecule has 2 heteroatoms. The third-order valence-corrected chi connectivity index (χ3v) is 0.354. The van der Waals surface area contributed by atoms with Crippen molar-refractivity contribution in [1.82, 2.24) is 11.1 Å².